The van der Waals surface area contributed by atoms with Crippen molar-refractivity contribution < 1.29 is 9.59 Å². The van der Waals surface area contributed by atoms with Crippen molar-refractivity contribution in [1.82, 2.24) is 9.80 Å². The summed E-state index contributed by atoms with van der Waals surface area (Å²) in [6.45, 7) is 4.46. The molecule has 122 valence electrons. The van der Waals surface area contributed by atoms with Crippen molar-refractivity contribution in [2.24, 2.45) is 11.8 Å². The highest BCUT2D eigenvalue weighted by molar-refractivity contribution is 5.94. The van der Waals surface area contributed by atoms with Crippen molar-refractivity contribution in [3.05, 3.63) is 35.4 Å². The number of hydrogen-bond donors (Lipinski definition) is 0. The topological polar surface area (TPSA) is 40.6 Å². The maximum Gasteiger partial charge on any atom is 0.253 e. The molecule has 1 aromatic carbocycles. The highest BCUT2D eigenvalue weighted by atomic mass is 16.2. The van der Waals surface area contributed by atoms with E-state index >= 15 is 0 Å². The third-order valence-corrected chi connectivity index (χ3v) is 5.73. The Labute approximate surface area is 137 Å². The van der Waals surface area contributed by atoms with Gasteiger partial charge >= 0.3 is 0 Å². The van der Waals surface area contributed by atoms with Crippen molar-refractivity contribution in [3.63, 3.8) is 0 Å². The Bertz CT molecular complexity index is 642. The molecule has 3 heterocycles. The third kappa shape index (κ3) is 2.64. The van der Waals surface area contributed by atoms with Crippen LogP contribution >= 0.6 is 0 Å². The summed E-state index contributed by atoms with van der Waals surface area (Å²) >= 11 is 0. The average Bonchev–Trinajstić information content (AvgIpc) is 2.55. The van der Waals surface area contributed by atoms with Gasteiger partial charge in [0.05, 0.1) is 0 Å². The molecule has 3 fully saturated rings. The fraction of sp³-hybridized carbons (Fsp3) is 0.579. The van der Waals surface area contributed by atoms with Crippen LogP contribution in [0.1, 0.15) is 41.6 Å². The first-order valence-electron chi connectivity index (χ1n) is 8.77. The lowest BCUT2D eigenvalue weighted by atomic mass is 9.76. The maximum absolute atomic E-state index is 12.9. The van der Waals surface area contributed by atoms with Crippen LogP contribution in [0.4, 0.5) is 0 Å². The molecule has 3 aliphatic heterocycles. The molecule has 1 aromatic rings. The van der Waals surface area contributed by atoms with E-state index in [1.54, 1.807) is 0 Å². The highest BCUT2D eigenvalue weighted by Gasteiger charge is 2.44. The van der Waals surface area contributed by atoms with Crippen LogP contribution in [-0.4, -0.2) is 47.3 Å². The van der Waals surface area contributed by atoms with Crippen LogP contribution in [0.25, 0.3) is 0 Å². The van der Waals surface area contributed by atoms with Crippen LogP contribution in [0.3, 0.4) is 0 Å². The minimum atomic E-state index is 0.152. The largest absolute Gasteiger partial charge is 0.339 e. The number of benzene rings is 1. The third-order valence-electron chi connectivity index (χ3n) is 5.73. The molecule has 0 aromatic heterocycles. The first kappa shape index (κ1) is 14.7. The zero-order valence-corrected chi connectivity index (χ0v) is 13.7. The molecule has 2 bridgehead atoms. The number of hydrogen-bond acceptors (Lipinski definition) is 2. The molecule has 4 nitrogen and oxygen atoms in total. The summed E-state index contributed by atoms with van der Waals surface area (Å²) in [5.74, 6) is 1.38. The van der Waals surface area contributed by atoms with E-state index in [1.165, 1.54) is 6.42 Å². The van der Waals surface area contributed by atoms with E-state index in [2.05, 4.69) is 4.90 Å². The number of carbonyl (C=O) groups excluding carboxylic acids is 2. The molecule has 0 N–H and O–H groups in total. The number of likely N-dealkylation sites (tertiary alicyclic amines) is 1. The Morgan fingerprint density at radius 1 is 1.22 bits per heavy atom. The second-order valence-corrected chi connectivity index (χ2v) is 7.45. The summed E-state index contributed by atoms with van der Waals surface area (Å²) in [4.78, 5) is 29.2. The van der Waals surface area contributed by atoms with Crippen LogP contribution < -0.4 is 0 Å². The molecule has 4 heteroatoms. The molecule has 3 saturated heterocycles. The number of amides is 2. The number of rotatable bonds is 1. The van der Waals surface area contributed by atoms with E-state index in [9.17, 15) is 9.59 Å². The molecule has 3 atom stereocenters. The second kappa shape index (κ2) is 5.66. The lowest BCUT2D eigenvalue weighted by Gasteiger charge is -2.52. The molecule has 3 aliphatic rings. The average molecular weight is 312 g/mol. The SMILES string of the molecule is Cc1cccc(C(=O)N2CC3CC(C2)[C@H]2CCCC(=O)N2C3)c1. The zero-order chi connectivity index (χ0) is 16.0. The predicted octanol–water partition coefficient (Wildman–Crippen LogP) is 2.47. The summed E-state index contributed by atoms with van der Waals surface area (Å²) in [7, 11) is 0. The number of nitrogens with zero attached hydrogens (tertiary/aromatic N) is 2. The number of carbonyl (C=O) groups is 2. The minimum Gasteiger partial charge on any atom is -0.339 e. The molecular formula is C19H24N2O2. The van der Waals surface area contributed by atoms with Crippen LogP contribution in [-0.2, 0) is 4.79 Å². The molecule has 0 saturated carbocycles. The summed E-state index contributed by atoms with van der Waals surface area (Å²) in [6, 6.07) is 8.22. The number of aryl methyl sites for hydroxylation is 1. The summed E-state index contributed by atoms with van der Waals surface area (Å²) < 4.78 is 0. The molecule has 0 aliphatic carbocycles. The first-order valence-corrected chi connectivity index (χ1v) is 8.77. The summed E-state index contributed by atoms with van der Waals surface area (Å²) in [6.07, 6.45) is 4.00. The monoisotopic (exact) mass is 312 g/mol. The summed E-state index contributed by atoms with van der Waals surface area (Å²) in [5.41, 5.74) is 1.92. The highest BCUT2D eigenvalue weighted by Crippen LogP contribution is 2.38. The normalized spacial score (nSPS) is 30.1. The number of fused-ring (bicyclic) bond motifs is 4. The van der Waals surface area contributed by atoms with E-state index in [0.717, 1.165) is 43.6 Å². The Hall–Kier alpha value is -1.84. The number of piperidine rings is 3. The van der Waals surface area contributed by atoms with Gasteiger partial charge in [0, 0.05) is 37.7 Å². The summed E-state index contributed by atoms with van der Waals surface area (Å²) in [5, 5.41) is 0. The Morgan fingerprint density at radius 2 is 2.09 bits per heavy atom. The van der Waals surface area contributed by atoms with Gasteiger partial charge in [-0.15, -0.1) is 0 Å². The first-order chi connectivity index (χ1) is 11.1. The van der Waals surface area contributed by atoms with Gasteiger partial charge in [-0.3, -0.25) is 9.59 Å². The smallest absolute Gasteiger partial charge is 0.253 e. The lowest BCUT2D eigenvalue weighted by molar-refractivity contribution is -0.144. The van der Waals surface area contributed by atoms with E-state index < -0.39 is 0 Å². The van der Waals surface area contributed by atoms with Gasteiger partial charge in [0.15, 0.2) is 0 Å². The van der Waals surface area contributed by atoms with Crippen molar-refractivity contribution in [1.29, 1.82) is 0 Å². The van der Waals surface area contributed by atoms with Crippen molar-refractivity contribution in [2.45, 2.75) is 38.6 Å². The second-order valence-electron chi connectivity index (χ2n) is 7.45. The van der Waals surface area contributed by atoms with Crippen LogP contribution in [0, 0.1) is 18.8 Å². The fourth-order valence-corrected chi connectivity index (χ4v) is 4.74. The quantitative estimate of drug-likeness (QED) is 0.799. The van der Waals surface area contributed by atoms with Crippen molar-refractivity contribution >= 4 is 11.8 Å². The van der Waals surface area contributed by atoms with Gasteiger partial charge in [-0.2, -0.15) is 0 Å². The minimum absolute atomic E-state index is 0.152. The van der Waals surface area contributed by atoms with Gasteiger partial charge < -0.3 is 9.80 Å². The van der Waals surface area contributed by atoms with Crippen LogP contribution in [0.5, 0.6) is 0 Å². The zero-order valence-electron chi connectivity index (χ0n) is 13.7. The Balaban J connectivity index is 1.53. The Kier molecular flexibility index (Phi) is 3.63. The van der Waals surface area contributed by atoms with E-state index in [-0.39, 0.29) is 5.91 Å². The molecule has 23 heavy (non-hydrogen) atoms. The Morgan fingerprint density at radius 3 is 2.91 bits per heavy atom. The molecule has 0 radical (unpaired) electrons. The molecule has 4 rings (SSSR count). The van der Waals surface area contributed by atoms with Gasteiger partial charge in [-0.25, -0.2) is 0 Å². The molecule has 0 spiro atoms. The van der Waals surface area contributed by atoms with Crippen LogP contribution in [0.15, 0.2) is 24.3 Å². The van der Waals surface area contributed by atoms with Gasteiger partial charge in [-0.1, -0.05) is 17.7 Å². The molecular weight excluding hydrogens is 288 g/mol. The van der Waals surface area contributed by atoms with Crippen molar-refractivity contribution in [3.8, 4) is 0 Å². The van der Waals surface area contributed by atoms with Gasteiger partial charge in [0.2, 0.25) is 5.91 Å². The predicted molar refractivity (Wildman–Crippen MR) is 88.0 cm³/mol. The van der Waals surface area contributed by atoms with E-state index in [4.69, 9.17) is 0 Å². The van der Waals surface area contributed by atoms with Gasteiger partial charge in [0.25, 0.3) is 5.91 Å². The maximum atomic E-state index is 12.9. The standard InChI is InChI=1S/C19H24N2O2/c1-13-4-2-5-15(8-13)19(23)20-10-14-9-16(12-20)17-6-3-7-18(22)21(17)11-14/h2,4-5,8,14,16-17H,3,6-7,9-12H2,1H3/t14?,16?,17-/m1/s1. The van der Waals surface area contributed by atoms with E-state index in [1.807, 2.05) is 36.1 Å². The van der Waals surface area contributed by atoms with E-state index in [0.29, 0.717) is 30.2 Å². The van der Waals surface area contributed by atoms with Crippen molar-refractivity contribution in [2.75, 3.05) is 19.6 Å². The molecule has 2 amide bonds. The molecule has 2 unspecified atom stereocenters. The van der Waals surface area contributed by atoms with Crippen LogP contribution in [0.2, 0.25) is 0 Å². The van der Waals surface area contributed by atoms with Gasteiger partial charge in [0.1, 0.15) is 0 Å². The van der Waals surface area contributed by atoms with Gasteiger partial charge in [-0.05, 0) is 50.2 Å². The lowest BCUT2D eigenvalue weighted by Crippen LogP contribution is -2.61. The fourth-order valence-electron chi connectivity index (χ4n) is 4.74.